The van der Waals surface area contributed by atoms with Crippen LogP contribution in [-0.4, -0.2) is 30.9 Å². The van der Waals surface area contributed by atoms with E-state index < -0.39 is 11.9 Å². The number of rotatable bonds is 4. The third-order valence-corrected chi connectivity index (χ3v) is 2.07. The lowest BCUT2D eigenvalue weighted by Gasteiger charge is -2.13. The number of phenolic OH excluding ortho intramolecular Hbond substituents is 1. The van der Waals surface area contributed by atoms with Crippen molar-refractivity contribution in [2.24, 2.45) is 0 Å². The van der Waals surface area contributed by atoms with E-state index in [0.717, 1.165) is 0 Å². The molecule has 0 heterocycles. The number of benzene rings is 1. The van der Waals surface area contributed by atoms with Gasteiger partial charge in [0.15, 0.2) is 17.3 Å². The minimum absolute atomic E-state index is 0.0963. The Bertz CT molecular complexity index is 344. The van der Waals surface area contributed by atoms with Crippen molar-refractivity contribution < 1.29 is 19.3 Å². The van der Waals surface area contributed by atoms with Crippen LogP contribution < -0.4 is 10.1 Å². The molecular weight excluding hydrogens is 201 g/mol. The molecule has 5 heteroatoms. The van der Waals surface area contributed by atoms with E-state index in [1.807, 2.05) is 0 Å². The summed E-state index contributed by atoms with van der Waals surface area (Å²) in [6.07, 6.45) is -0.968. The number of halogens is 1. The Kier molecular flexibility index (Phi) is 3.88. The molecule has 0 spiro atoms. The lowest BCUT2D eigenvalue weighted by Crippen LogP contribution is -2.17. The van der Waals surface area contributed by atoms with Gasteiger partial charge in [-0.05, 0) is 19.2 Å². The first kappa shape index (κ1) is 11.7. The third-order valence-electron chi connectivity index (χ3n) is 2.07. The molecule has 1 aromatic rings. The lowest BCUT2D eigenvalue weighted by atomic mass is 10.1. The zero-order chi connectivity index (χ0) is 11.4. The molecule has 1 unspecified atom stereocenters. The number of aromatic hydroxyl groups is 1. The van der Waals surface area contributed by atoms with Crippen LogP contribution in [0, 0.1) is 5.82 Å². The molecule has 0 saturated heterocycles. The number of hydrogen-bond donors (Lipinski definition) is 3. The van der Waals surface area contributed by atoms with Gasteiger partial charge in [0, 0.05) is 12.1 Å². The topological polar surface area (TPSA) is 61.7 Å². The Morgan fingerprint density at radius 2 is 2.20 bits per heavy atom. The summed E-state index contributed by atoms with van der Waals surface area (Å²) >= 11 is 0. The maximum absolute atomic E-state index is 13.6. The van der Waals surface area contributed by atoms with Crippen LogP contribution in [0.3, 0.4) is 0 Å². The van der Waals surface area contributed by atoms with Gasteiger partial charge in [-0.25, -0.2) is 4.39 Å². The second-order valence-corrected chi connectivity index (χ2v) is 3.09. The van der Waals surface area contributed by atoms with Crippen molar-refractivity contribution in [1.29, 1.82) is 0 Å². The molecule has 1 aromatic carbocycles. The van der Waals surface area contributed by atoms with Gasteiger partial charge in [-0.1, -0.05) is 0 Å². The Labute approximate surface area is 87.3 Å². The number of hydrogen-bond acceptors (Lipinski definition) is 4. The van der Waals surface area contributed by atoms with Crippen molar-refractivity contribution in [2.75, 3.05) is 20.7 Å². The van der Waals surface area contributed by atoms with E-state index in [-0.39, 0.29) is 23.6 Å². The van der Waals surface area contributed by atoms with E-state index in [0.29, 0.717) is 0 Å². The molecule has 3 N–H and O–H groups in total. The molecule has 84 valence electrons. The first-order valence-corrected chi connectivity index (χ1v) is 4.49. The molecule has 0 aromatic heterocycles. The minimum atomic E-state index is -0.968. The van der Waals surface area contributed by atoms with Gasteiger partial charge < -0.3 is 20.3 Å². The van der Waals surface area contributed by atoms with Gasteiger partial charge in [-0.2, -0.15) is 0 Å². The molecule has 0 fully saturated rings. The van der Waals surface area contributed by atoms with Gasteiger partial charge >= 0.3 is 0 Å². The minimum Gasteiger partial charge on any atom is -0.504 e. The number of aliphatic hydroxyl groups is 1. The van der Waals surface area contributed by atoms with Crippen molar-refractivity contribution in [3.8, 4) is 11.5 Å². The summed E-state index contributed by atoms with van der Waals surface area (Å²) < 4.78 is 18.3. The largest absolute Gasteiger partial charge is 0.504 e. The molecule has 0 aliphatic rings. The molecule has 0 aliphatic heterocycles. The van der Waals surface area contributed by atoms with Crippen molar-refractivity contribution in [3.63, 3.8) is 0 Å². The lowest BCUT2D eigenvalue weighted by molar-refractivity contribution is 0.171. The van der Waals surface area contributed by atoms with Crippen LogP contribution in [0.1, 0.15) is 11.7 Å². The summed E-state index contributed by atoms with van der Waals surface area (Å²) in [6, 6.07) is 2.62. The molecule has 1 atom stereocenters. The van der Waals surface area contributed by atoms with Crippen molar-refractivity contribution in [2.45, 2.75) is 6.10 Å². The summed E-state index contributed by atoms with van der Waals surface area (Å²) in [5.74, 6) is -1.27. The van der Waals surface area contributed by atoms with Crippen LogP contribution in [-0.2, 0) is 0 Å². The highest BCUT2D eigenvalue weighted by Crippen LogP contribution is 2.33. The highest BCUT2D eigenvalue weighted by atomic mass is 19.1. The van der Waals surface area contributed by atoms with Gasteiger partial charge in [0.2, 0.25) is 0 Å². The fourth-order valence-corrected chi connectivity index (χ4v) is 1.32. The Balaban J connectivity index is 3.09. The Hall–Kier alpha value is -1.33. The smallest absolute Gasteiger partial charge is 0.196 e. The summed E-state index contributed by atoms with van der Waals surface area (Å²) in [5.41, 5.74) is 0.0963. The molecular formula is C10H14FNO3. The number of likely N-dealkylation sites (N-methyl/N-ethyl adjacent to an activating group) is 1. The number of ether oxygens (including phenoxy) is 1. The highest BCUT2D eigenvalue weighted by molar-refractivity contribution is 5.44. The van der Waals surface area contributed by atoms with Crippen LogP contribution in [0.5, 0.6) is 11.5 Å². The summed E-state index contributed by atoms with van der Waals surface area (Å²) in [5, 5.41) is 21.6. The van der Waals surface area contributed by atoms with E-state index in [1.165, 1.54) is 19.2 Å². The molecule has 15 heavy (non-hydrogen) atoms. The van der Waals surface area contributed by atoms with Gasteiger partial charge in [0.25, 0.3) is 0 Å². The van der Waals surface area contributed by atoms with Gasteiger partial charge in [0.1, 0.15) is 0 Å². The van der Waals surface area contributed by atoms with Crippen molar-refractivity contribution in [1.82, 2.24) is 5.32 Å². The SMILES string of the molecule is CNCC(O)c1ccc(O)c(OC)c1F. The van der Waals surface area contributed by atoms with Crippen LogP contribution >= 0.6 is 0 Å². The van der Waals surface area contributed by atoms with Crippen molar-refractivity contribution >= 4 is 0 Å². The number of methoxy groups -OCH3 is 1. The first-order chi connectivity index (χ1) is 7.11. The Morgan fingerprint density at radius 3 is 2.73 bits per heavy atom. The van der Waals surface area contributed by atoms with Crippen LogP contribution in [0.2, 0.25) is 0 Å². The number of phenols is 1. The second kappa shape index (κ2) is 4.95. The zero-order valence-corrected chi connectivity index (χ0v) is 8.62. The molecule has 0 amide bonds. The van der Waals surface area contributed by atoms with Crippen LogP contribution in [0.4, 0.5) is 4.39 Å². The third kappa shape index (κ3) is 2.37. The average molecular weight is 215 g/mol. The normalized spacial score (nSPS) is 12.5. The predicted octanol–water partition coefficient (Wildman–Crippen LogP) is 0.793. The molecule has 0 radical (unpaired) electrons. The number of aliphatic hydroxyl groups excluding tert-OH is 1. The van der Waals surface area contributed by atoms with Gasteiger partial charge in [0.05, 0.1) is 13.2 Å². The second-order valence-electron chi connectivity index (χ2n) is 3.09. The van der Waals surface area contributed by atoms with E-state index in [9.17, 15) is 14.6 Å². The number of nitrogens with one attached hydrogen (secondary N) is 1. The molecule has 0 saturated carbocycles. The fraction of sp³-hybridized carbons (Fsp3) is 0.400. The monoisotopic (exact) mass is 215 g/mol. The zero-order valence-electron chi connectivity index (χ0n) is 8.62. The summed E-state index contributed by atoms with van der Waals surface area (Å²) in [6.45, 7) is 0.227. The van der Waals surface area contributed by atoms with E-state index in [2.05, 4.69) is 10.1 Å². The predicted molar refractivity (Wildman–Crippen MR) is 53.5 cm³/mol. The van der Waals surface area contributed by atoms with Crippen LogP contribution in [0.25, 0.3) is 0 Å². The molecule has 0 aliphatic carbocycles. The maximum atomic E-state index is 13.6. The summed E-state index contributed by atoms with van der Waals surface area (Å²) in [7, 11) is 2.91. The standard InChI is InChI=1S/C10H14FNO3/c1-12-5-8(14)6-3-4-7(13)10(15-2)9(6)11/h3-4,8,12-14H,5H2,1-2H3. The van der Waals surface area contributed by atoms with E-state index >= 15 is 0 Å². The van der Waals surface area contributed by atoms with Crippen LogP contribution in [0.15, 0.2) is 12.1 Å². The van der Waals surface area contributed by atoms with E-state index in [4.69, 9.17) is 0 Å². The van der Waals surface area contributed by atoms with Gasteiger partial charge in [-0.3, -0.25) is 0 Å². The highest BCUT2D eigenvalue weighted by Gasteiger charge is 2.18. The maximum Gasteiger partial charge on any atom is 0.196 e. The average Bonchev–Trinajstić information content (AvgIpc) is 2.18. The molecule has 1 rings (SSSR count). The quantitative estimate of drug-likeness (QED) is 0.695. The summed E-state index contributed by atoms with van der Waals surface area (Å²) in [4.78, 5) is 0. The first-order valence-electron chi connectivity index (χ1n) is 4.49. The Morgan fingerprint density at radius 1 is 1.53 bits per heavy atom. The molecule has 4 nitrogen and oxygen atoms in total. The van der Waals surface area contributed by atoms with E-state index in [1.54, 1.807) is 7.05 Å². The molecule has 0 bridgehead atoms. The fourth-order valence-electron chi connectivity index (χ4n) is 1.32. The van der Waals surface area contributed by atoms with Crippen molar-refractivity contribution in [3.05, 3.63) is 23.5 Å². The van der Waals surface area contributed by atoms with Gasteiger partial charge in [-0.15, -0.1) is 0 Å².